The molecule has 2 rings (SSSR count). The number of nitrogens with two attached hydrogens (primary N) is 1. The number of nitrogens with one attached hydrogen (secondary N) is 2. The quantitative estimate of drug-likeness (QED) is 0.751. The summed E-state index contributed by atoms with van der Waals surface area (Å²) in [6.45, 7) is 4.66. The van der Waals surface area contributed by atoms with Gasteiger partial charge in [-0.25, -0.2) is 4.98 Å². The average Bonchev–Trinajstić information content (AvgIpc) is 2.92. The van der Waals surface area contributed by atoms with Crippen molar-refractivity contribution in [3.63, 3.8) is 0 Å². The van der Waals surface area contributed by atoms with Crippen LogP contribution in [0, 0.1) is 6.92 Å². The Bertz CT molecular complexity index is 609. The fourth-order valence-electron chi connectivity index (χ4n) is 1.91. The topological polar surface area (TPSA) is 93.0 Å². The summed E-state index contributed by atoms with van der Waals surface area (Å²) in [4.78, 5) is 19.5. The van der Waals surface area contributed by atoms with Crippen LogP contribution in [0.1, 0.15) is 34.8 Å². The first kappa shape index (κ1) is 15.1. The van der Waals surface area contributed by atoms with Crippen molar-refractivity contribution >= 4 is 5.91 Å². The molecule has 0 saturated heterocycles. The fourth-order valence-corrected chi connectivity index (χ4v) is 1.91. The van der Waals surface area contributed by atoms with Crippen molar-refractivity contribution in [2.24, 2.45) is 5.73 Å². The first-order valence-electron chi connectivity index (χ1n) is 6.85. The summed E-state index contributed by atoms with van der Waals surface area (Å²) in [5, 5.41) is 2.90. The highest BCUT2D eigenvalue weighted by Crippen LogP contribution is 2.15. The molecule has 1 heterocycles. The van der Waals surface area contributed by atoms with Crippen molar-refractivity contribution in [1.82, 2.24) is 15.3 Å². The van der Waals surface area contributed by atoms with Crippen LogP contribution in [0.25, 0.3) is 0 Å². The minimum Gasteiger partial charge on any atom is -0.492 e. The highest BCUT2D eigenvalue weighted by Gasteiger charge is 2.14. The van der Waals surface area contributed by atoms with E-state index in [2.05, 4.69) is 15.3 Å². The van der Waals surface area contributed by atoms with Crippen LogP contribution in [-0.2, 0) is 0 Å². The van der Waals surface area contributed by atoms with Gasteiger partial charge in [-0.15, -0.1) is 0 Å². The van der Waals surface area contributed by atoms with Gasteiger partial charge in [0.25, 0.3) is 5.91 Å². The Hall–Kier alpha value is -2.34. The number of amides is 1. The molecule has 0 bridgehead atoms. The first-order valence-corrected chi connectivity index (χ1v) is 6.85. The van der Waals surface area contributed by atoms with Gasteiger partial charge in [0.05, 0.1) is 6.04 Å². The Morgan fingerprint density at radius 3 is 3.00 bits per heavy atom. The smallest absolute Gasteiger partial charge is 0.251 e. The monoisotopic (exact) mass is 288 g/mol. The zero-order valence-corrected chi connectivity index (χ0v) is 12.2. The molecule has 0 fully saturated rings. The largest absolute Gasteiger partial charge is 0.492 e. The Balaban J connectivity index is 2.02. The van der Waals surface area contributed by atoms with E-state index in [4.69, 9.17) is 10.5 Å². The number of carbonyl (C=O) groups is 1. The van der Waals surface area contributed by atoms with E-state index >= 15 is 0 Å². The van der Waals surface area contributed by atoms with Crippen LogP contribution in [0.4, 0.5) is 0 Å². The summed E-state index contributed by atoms with van der Waals surface area (Å²) in [5.41, 5.74) is 6.89. The second kappa shape index (κ2) is 6.90. The van der Waals surface area contributed by atoms with Gasteiger partial charge in [-0.05, 0) is 32.0 Å². The van der Waals surface area contributed by atoms with Crippen molar-refractivity contribution in [2.45, 2.75) is 19.9 Å². The number of nitrogens with zero attached hydrogens (tertiary/aromatic N) is 1. The van der Waals surface area contributed by atoms with E-state index in [1.54, 1.807) is 30.5 Å². The Kier molecular flexibility index (Phi) is 4.94. The van der Waals surface area contributed by atoms with Crippen LogP contribution in [0.3, 0.4) is 0 Å². The first-order chi connectivity index (χ1) is 10.1. The van der Waals surface area contributed by atoms with E-state index in [0.29, 0.717) is 24.5 Å². The van der Waals surface area contributed by atoms with E-state index in [0.717, 1.165) is 11.5 Å². The summed E-state index contributed by atoms with van der Waals surface area (Å²) in [6.07, 6.45) is 1.74. The second-order valence-electron chi connectivity index (χ2n) is 4.81. The molecule has 4 N–H and O–H groups in total. The van der Waals surface area contributed by atoms with Crippen molar-refractivity contribution in [3.05, 3.63) is 47.5 Å². The molecule has 1 atom stereocenters. The number of benzene rings is 1. The molecular weight excluding hydrogens is 268 g/mol. The Morgan fingerprint density at radius 2 is 2.33 bits per heavy atom. The van der Waals surface area contributed by atoms with Gasteiger partial charge >= 0.3 is 0 Å². The molecule has 1 unspecified atom stereocenters. The number of H-pyrrole nitrogens is 1. The Labute approximate surface area is 123 Å². The lowest BCUT2D eigenvalue weighted by atomic mass is 10.2. The lowest BCUT2D eigenvalue weighted by molar-refractivity contribution is 0.0938. The maximum absolute atomic E-state index is 12.2. The van der Waals surface area contributed by atoms with E-state index in [1.165, 1.54) is 0 Å². The lowest BCUT2D eigenvalue weighted by Gasteiger charge is -2.12. The molecule has 0 saturated carbocycles. The molecule has 6 heteroatoms. The summed E-state index contributed by atoms with van der Waals surface area (Å²) in [5.74, 6) is 1.20. The SMILES string of the molecule is Cc1cnc(C(C)NC(=O)c2cccc(OCCN)c2)[nH]1. The van der Waals surface area contributed by atoms with Gasteiger partial charge in [0.15, 0.2) is 0 Å². The van der Waals surface area contributed by atoms with Gasteiger partial charge in [-0.3, -0.25) is 4.79 Å². The third-order valence-electron chi connectivity index (χ3n) is 2.96. The molecule has 0 spiro atoms. The van der Waals surface area contributed by atoms with Gasteiger partial charge < -0.3 is 20.8 Å². The van der Waals surface area contributed by atoms with Gasteiger partial charge in [-0.2, -0.15) is 0 Å². The summed E-state index contributed by atoms with van der Waals surface area (Å²) >= 11 is 0. The molecule has 0 radical (unpaired) electrons. The van der Waals surface area contributed by atoms with E-state index in [1.807, 2.05) is 13.8 Å². The van der Waals surface area contributed by atoms with Crippen LogP contribution in [0.2, 0.25) is 0 Å². The summed E-state index contributed by atoms with van der Waals surface area (Å²) < 4.78 is 5.42. The van der Waals surface area contributed by atoms with Crippen LogP contribution in [-0.4, -0.2) is 29.0 Å². The van der Waals surface area contributed by atoms with Crippen LogP contribution in [0.15, 0.2) is 30.5 Å². The zero-order valence-electron chi connectivity index (χ0n) is 12.2. The van der Waals surface area contributed by atoms with Crippen molar-refractivity contribution in [1.29, 1.82) is 0 Å². The van der Waals surface area contributed by atoms with Crippen molar-refractivity contribution in [2.75, 3.05) is 13.2 Å². The number of carbonyl (C=O) groups excluding carboxylic acids is 1. The fraction of sp³-hybridized carbons (Fsp3) is 0.333. The number of imidazole rings is 1. The molecule has 21 heavy (non-hydrogen) atoms. The number of ether oxygens (including phenoxy) is 1. The zero-order chi connectivity index (χ0) is 15.2. The van der Waals surface area contributed by atoms with Crippen LogP contribution >= 0.6 is 0 Å². The second-order valence-corrected chi connectivity index (χ2v) is 4.81. The van der Waals surface area contributed by atoms with Gasteiger partial charge in [0, 0.05) is 24.0 Å². The lowest BCUT2D eigenvalue weighted by Crippen LogP contribution is -2.27. The molecule has 0 aliphatic rings. The number of hydrogen-bond donors (Lipinski definition) is 3. The van der Waals surface area contributed by atoms with Gasteiger partial charge in [0.2, 0.25) is 0 Å². The predicted octanol–water partition coefficient (Wildman–Crippen LogP) is 1.55. The van der Waals surface area contributed by atoms with Crippen LogP contribution in [0.5, 0.6) is 5.75 Å². The van der Waals surface area contributed by atoms with E-state index in [-0.39, 0.29) is 11.9 Å². The Morgan fingerprint density at radius 1 is 1.52 bits per heavy atom. The molecule has 2 aromatic rings. The van der Waals surface area contributed by atoms with Crippen molar-refractivity contribution in [3.8, 4) is 5.75 Å². The standard InChI is InChI=1S/C15H20N4O2/c1-10-9-17-14(18-10)11(2)19-15(20)12-4-3-5-13(8-12)21-7-6-16/h3-5,8-9,11H,6-7,16H2,1-2H3,(H,17,18)(H,19,20). The molecule has 0 aliphatic carbocycles. The van der Waals surface area contributed by atoms with E-state index in [9.17, 15) is 4.79 Å². The molecule has 112 valence electrons. The molecule has 1 aromatic carbocycles. The third-order valence-corrected chi connectivity index (χ3v) is 2.96. The third kappa shape index (κ3) is 4.06. The average molecular weight is 288 g/mol. The number of aryl methyl sites for hydroxylation is 1. The maximum Gasteiger partial charge on any atom is 0.251 e. The molecular formula is C15H20N4O2. The molecule has 1 aromatic heterocycles. The van der Waals surface area contributed by atoms with Crippen molar-refractivity contribution < 1.29 is 9.53 Å². The van der Waals surface area contributed by atoms with E-state index < -0.39 is 0 Å². The molecule has 1 amide bonds. The number of aromatic nitrogens is 2. The minimum atomic E-state index is -0.195. The predicted molar refractivity (Wildman–Crippen MR) is 80.2 cm³/mol. The number of rotatable bonds is 6. The summed E-state index contributed by atoms with van der Waals surface area (Å²) in [6, 6.07) is 6.82. The summed E-state index contributed by atoms with van der Waals surface area (Å²) in [7, 11) is 0. The van der Waals surface area contributed by atoms with Gasteiger partial charge in [-0.1, -0.05) is 6.07 Å². The number of aromatic amines is 1. The number of hydrogen-bond acceptors (Lipinski definition) is 4. The van der Waals surface area contributed by atoms with Gasteiger partial charge in [0.1, 0.15) is 18.2 Å². The minimum absolute atomic E-state index is 0.172. The van der Waals surface area contributed by atoms with Crippen LogP contribution < -0.4 is 15.8 Å². The molecule has 6 nitrogen and oxygen atoms in total. The highest BCUT2D eigenvalue weighted by molar-refractivity contribution is 5.94. The highest BCUT2D eigenvalue weighted by atomic mass is 16.5. The molecule has 0 aliphatic heterocycles. The normalized spacial score (nSPS) is 12.0. The maximum atomic E-state index is 12.2.